The van der Waals surface area contributed by atoms with Gasteiger partial charge < -0.3 is 4.57 Å². The van der Waals surface area contributed by atoms with Crippen LogP contribution < -0.4 is 0 Å². The number of nitrogens with zero attached hydrogens (tertiary/aromatic N) is 1. The molecule has 0 amide bonds. The molecule has 0 N–H and O–H groups in total. The van der Waals surface area contributed by atoms with Crippen molar-refractivity contribution in [3.05, 3.63) is 102 Å². The Morgan fingerprint density at radius 3 is 1.61 bits per heavy atom. The first-order chi connectivity index (χ1) is 15.6. The summed E-state index contributed by atoms with van der Waals surface area (Å²) < 4.78 is 2.39. The predicted octanol–water partition coefficient (Wildman–Crippen LogP) is 9.05. The molecule has 0 spiro atoms. The minimum absolute atomic E-state index is 0.150. The average Bonchev–Trinajstić information content (AvgIpc) is 3.12. The van der Waals surface area contributed by atoms with Crippen LogP contribution in [0.3, 0.4) is 0 Å². The van der Waals surface area contributed by atoms with Gasteiger partial charge in [0.25, 0.3) is 0 Å². The predicted molar refractivity (Wildman–Crippen MR) is 144 cm³/mol. The zero-order valence-electron chi connectivity index (χ0n) is 20.6. The van der Waals surface area contributed by atoms with Crippen molar-refractivity contribution in [1.29, 1.82) is 0 Å². The quantitative estimate of drug-likeness (QED) is 0.263. The Kier molecular flexibility index (Phi) is 4.97. The normalized spacial score (nSPS) is 12.5. The van der Waals surface area contributed by atoms with Crippen molar-refractivity contribution >= 4 is 21.8 Å². The highest BCUT2D eigenvalue weighted by atomic mass is 15.0. The molecule has 0 bridgehead atoms. The molecule has 5 rings (SSSR count). The van der Waals surface area contributed by atoms with Gasteiger partial charge in [-0.2, -0.15) is 0 Å². The van der Waals surface area contributed by atoms with Gasteiger partial charge in [0, 0.05) is 16.5 Å². The van der Waals surface area contributed by atoms with E-state index in [2.05, 4.69) is 137 Å². The molecule has 5 aromatic rings. The number of para-hydroxylation sites is 1. The third-order valence-corrected chi connectivity index (χ3v) is 6.75. The summed E-state index contributed by atoms with van der Waals surface area (Å²) >= 11 is 0. The minimum Gasteiger partial charge on any atom is -0.309 e. The zero-order chi connectivity index (χ0) is 23.4. The highest BCUT2D eigenvalue weighted by Gasteiger charge is 2.17. The molecule has 0 unspecified atom stereocenters. The van der Waals surface area contributed by atoms with E-state index in [0.29, 0.717) is 0 Å². The molecule has 0 radical (unpaired) electrons. The Morgan fingerprint density at radius 2 is 1.00 bits per heavy atom. The second-order valence-corrected chi connectivity index (χ2v) is 11.2. The van der Waals surface area contributed by atoms with Crippen LogP contribution in [0.4, 0.5) is 0 Å². The van der Waals surface area contributed by atoms with Crippen molar-refractivity contribution in [3.63, 3.8) is 0 Å². The number of aromatic nitrogens is 1. The van der Waals surface area contributed by atoms with Crippen LogP contribution in [0.5, 0.6) is 0 Å². The van der Waals surface area contributed by atoms with Gasteiger partial charge in [-0.15, -0.1) is 0 Å². The van der Waals surface area contributed by atoms with E-state index >= 15 is 0 Å². The van der Waals surface area contributed by atoms with Crippen LogP contribution in [-0.4, -0.2) is 4.57 Å². The van der Waals surface area contributed by atoms with E-state index in [1.165, 1.54) is 49.7 Å². The Labute approximate surface area is 197 Å². The van der Waals surface area contributed by atoms with E-state index < -0.39 is 0 Å². The Balaban J connectivity index is 1.66. The fourth-order valence-electron chi connectivity index (χ4n) is 4.70. The van der Waals surface area contributed by atoms with Gasteiger partial charge in [-0.3, -0.25) is 0 Å². The molecule has 4 aromatic carbocycles. The summed E-state index contributed by atoms with van der Waals surface area (Å²) in [4.78, 5) is 0. The molecular weight excluding hydrogens is 398 g/mol. The zero-order valence-corrected chi connectivity index (χ0v) is 20.6. The third kappa shape index (κ3) is 3.86. The van der Waals surface area contributed by atoms with E-state index in [1.54, 1.807) is 0 Å². The number of hydrogen-bond acceptors (Lipinski definition) is 0. The molecule has 0 saturated carbocycles. The van der Waals surface area contributed by atoms with E-state index in [-0.39, 0.29) is 10.8 Å². The summed E-state index contributed by atoms with van der Waals surface area (Å²) in [5, 5.41) is 2.59. The third-order valence-electron chi connectivity index (χ3n) is 6.75. The summed E-state index contributed by atoms with van der Waals surface area (Å²) in [6.45, 7) is 13.6. The second kappa shape index (κ2) is 7.63. The molecule has 0 atom stereocenters. The summed E-state index contributed by atoms with van der Waals surface area (Å²) in [6.07, 6.45) is 0. The van der Waals surface area contributed by atoms with Crippen molar-refractivity contribution in [3.8, 4) is 16.8 Å². The van der Waals surface area contributed by atoms with Gasteiger partial charge in [-0.1, -0.05) is 102 Å². The highest BCUT2D eigenvalue weighted by molar-refractivity contribution is 6.10. The van der Waals surface area contributed by atoms with E-state index in [4.69, 9.17) is 0 Å². The van der Waals surface area contributed by atoms with Crippen molar-refractivity contribution in [2.24, 2.45) is 0 Å². The maximum Gasteiger partial charge on any atom is 0.0541 e. The molecule has 1 aromatic heterocycles. The van der Waals surface area contributed by atoms with Gasteiger partial charge in [0.15, 0.2) is 0 Å². The lowest BCUT2D eigenvalue weighted by Crippen LogP contribution is -2.10. The standard InChI is InChI=1S/C32H33N/c1-31(2,3)24-14-11-22(12-15-24)23-13-20-30-28(21-23)27-9-7-8-10-29(27)33(30)26-18-16-25(17-19-26)32(4,5)6/h7-21H,1-6H3. The largest absolute Gasteiger partial charge is 0.309 e. The van der Waals surface area contributed by atoms with Gasteiger partial charge in [-0.05, 0) is 63.4 Å². The molecule has 1 heterocycles. The van der Waals surface area contributed by atoms with Gasteiger partial charge in [0.2, 0.25) is 0 Å². The first-order valence-corrected chi connectivity index (χ1v) is 11.9. The molecular formula is C32H33N. The van der Waals surface area contributed by atoms with Crippen LogP contribution in [-0.2, 0) is 10.8 Å². The highest BCUT2D eigenvalue weighted by Crippen LogP contribution is 2.36. The summed E-state index contributed by atoms with van der Waals surface area (Å²) in [6, 6.07) is 33.7. The monoisotopic (exact) mass is 431 g/mol. The molecule has 33 heavy (non-hydrogen) atoms. The van der Waals surface area contributed by atoms with Crippen molar-refractivity contribution in [2.75, 3.05) is 0 Å². The lowest BCUT2D eigenvalue weighted by Gasteiger charge is -2.19. The molecule has 0 aliphatic rings. The molecule has 0 fully saturated rings. The molecule has 0 saturated heterocycles. The summed E-state index contributed by atoms with van der Waals surface area (Å²) in [5.41, 5.74) is 9.25. The smallest absolute Gasteiger partial charge is 0.0541 e. The second-order valence-electron chi connectivity index (χ2n) is 11.2. The van der Waals surface area contributed by atoms with E-state index in [0.717, 1.165) is 0 Å². The number of rotatable bonds is 2. The van der Waals surface area contributed by atoms with E-state index in [1.807, 2.05) is 0 Å². The Bertz CT molecular complexity index is 1430. The van der Waals surface area contributed by atoms with Gasteiger partial charge in [0.1, 0.15) is 0 Å². The number of fused-ring (bicyclic) bond motifs is 3. The summed E-state index contributed by atoms with van der Waals surface area (Å²) in [5.74, 6) is 0. The van der Waals surface area contributed by atoms with Crippen LogP contribution in [0.1, 0.15) is 52.7 Å². The first kappa shape index (κ1) is 21.5. The number of hydrogen-bond donors (Lipinski definition) is 0. The minimum atomic E-state index is 0.150. The molecule has 1 nitrogen and oxygen atoms in total. The topological polar surface area (TPSA) is 4.93 Å². The van der Waals surface area contributed by atoms with Crippen molar-refractivity contribution in [2.45, 2.75) is 52.4 Å². The molecule has 0 aliphatic carbocycles. The molecule has 0 aliphatic heterocycles. The fraction of sp³-hybridized carbons (Fsp3) is 0.250. The van der Waals surface area contributed by atoms with Gasteiger partial charge in [0.05, 0.1) is 11.0 Å². The Hall–Kier alpha value is -3.32. The number of benzene rings is 4. The first-order valence-electron chi connectivity index (χ1n) is 11.9. The molecule has 166 valence electrons. The van der Waals surface area contributed by atoms with Gasteiger partial charge >= 0.3 is 0 Å². The summed E-state index contributed by atoms with van der Waals surface area (Å²) in [7, 11) is 0. The van der Waals surface area contributed by atoms with Crippen LogP contribution in [0.2, 0.25) is 0 Å². The lowest BCUT2D eigenvalue weighted by atomic mass is 9.86. The SMILES string of the molecule is CC(C)(C)c1ccc(-c2ccc3c(c2)c2ccccc2n3-c2ccc(C(C)(C)C)cc2)cc1. The van der Waals surface area contributed by atoms with Crippen molar-refractivity contribution < 1.29 is 0 Å². The Morgan fingerprint density at radius 1 is 0.485 bits per heavy atom. The van der Waals surface area contributed by atoms with Crippen LogP contribution in [0.25, 0.3) is 38.6 Å². The maximum atomic E-state index is 2.39. The lowest BCUT2D eigenvalue weighted by molar-refractivity contribution is 0.590. The maximum absolute atomic E-state index is 2.39. The fourth-order valence-corrected chi connectivity index (χ4v) is 4.70. The van der Waals surface area contributed by atoms with Crippen LogP contribution in [0.15, 0.2) is 91.0 Å². The van der Waals surface area contributed by atoms with E-state index in [9.17, 15) is 0 Å². The molecule has 1 heteroatoms. The average molecular weight is 432 g/mol. The van der Waals surface area contributed by atoms with Crippen molar-refractivity contribution in [1.82, 2.24) is 4.57 Å². The van der Waals surface area contributed by atoms with Crippen LogP contribution in [0, 0.1) is 0 Å². The van der Waals surface area contributed by atoms with Crippen LogP contribution >= 0.6 is 0 Å². The van der Waals surface area contributed by atoms with Gasteiger partial charge in [-0.25, -0.2) is 0 Å².